The molecule has 0 unspecified atom stereocenters. The van der Waals surface area contributed by atoms with Crippen LogP contribution in [0.4, 0.5) is 57.1 Å². The standard InChI is InChI=1S/C28H31F13N2O6/c1-2-3-4-5-6-15-46-21-17-19(22-42-12-9-13-43-22)10-11-20(21)45-16-8-7-14-44-18-23(29,30)47-24(31,32)25(33,34)48-26(35,36)27(37,38)49-28(39,40)41/h9-13,17H,2-8,14-16,18H2,1H3. The normalized spacial score (nSPS) is 13.5. The molecule has 0 aliphatic rings. The van der Waals surface area contributed by atoms with Crippen LogP contribution in [0.1, 0.15) is 51.9 Å². The summed E-state index contributed by atoms with van der Waals surface area (Å²) in [7, 11) is 0. The number of rotatable bonds is 23. The maximum atomic E-state index is 13.8. The van der Waals surface area contributed by atoms with Gasteiger partial charge in [-0.25, -0.2) is 24.2 Å². The van der Waals surface area contributed by atoms with Gasteiger partial charge in [0.15, 0.2) is 17.3 Å². The molecule has 0 aliphatic carbocycles. The van der Waals surface area contributed by atoms with E-state index in [1.54, 1.807) is 41.4 Å². The number of ether oxygens (including phenoxy) is 6. The molecule has 0 amide bonds. The van der Waals surface area contributed by atoms with Gasteiger partial charge in [-0.1, -0.05) is 32.6 Å². The minimum absolute atomic E-state index is 0.0389. The number of nitrogens with zero attached hydrogens (tertiary/aromatic N) is 2. The van der Waals surface area contributed by atoms with Crippen molar-refractivity contribution < 1.29 is 85.5 Å². The van der Waals surface area contributed by atoms with Gasteiger partial charge in [0, 0.05) is 24.6 Å². The Kier molecular flexibility index (Phi) is 15.1. The van der Waals surface area contributed by atoms with E-state index in [0.717, 1.165) is 32.1 Å². The lowest BCUT2D eigenvalue weighted by Crippen LogP contribution is -2.57. The van der Waals surface area contributed by atoms with Crippen LogP contribution in [0.25, 0.3) is 11.4 Å². The molecular weight excluding hydrogens is 707 g/mol. The van der Waals surface area contributed by atoms with Gasteiger partial charge < -0.3 is 14.2 Å². The summed E-state index contributed by atoms with van der Waals surface area (Å²) in [6, 6.07) is 6.55. The van der Waals surface area contributed by atoms with E-state index in [4.69, 9.17) is 9.47 Å². The summed E-state index contributed by atoms with van der Waals surface area (Å²) in [4.78, 5) is 8.34. The van der Waals surface area contributed by atoms with Crippen molar-refractivity contribution in [3.63, 3.8) is 0 Å². The summed E-state index contributed by atoms with van der Waals surface area (Å²) in [6.07, 6.45) is -31.8. The number of hydrogen-bond acceptors (Lipinski definition) is 8. The average molecular weight is 739 g/mol. The van der Waals surface area contributed by atoms with Crippen molar-refractivity contribution in [1.29, 1.82) is 0 Å². The zero-order valence-electron chi connectivity index (χ0n) is 25.5. The second-order valence-corrected chi connectivity index (χ2v) is 10.1. The minimum atomic E-state index is -7.11. The van der Waals surface area contributed by atoms with Crippen LogP contribution in [0.2, 0.25) is 0 Å². The topological polar surface area (TPSA) is 81.2 Å². The van der Waals surface area contributed by atoms with Crippen LogP contribution in [0.5, 0.6) is 11.5 Å². The fraction of sp³-hybridized carbons (Fsp3) is 0.643. The SMILES string of the molecule is CCCCCCCOc1cc(-c2ncccn2)ccc1OCCCCOCC(F)(F)OC(F)(F)C(F)(F)OC(F)(F)C(F)(F)OC(F)(F)F. The third kappa shape index (κ3) is 13.9. The number of hydrogen-bond donors (Lipinski definition) is 0. The molecule has 0 bridgehead atoms. The monoisotopic (exact) mass is 738 g/mol. The molecule has 280 valence electrons. The van der Waals surface area contributed by atoms with Gasteiger partial charge in [-0.2, -0.15) is 43.9 Å². The molecule has 1 aromatic heterocycles. The van der Waals surface area contributed by atoms with Gasteiger partial charge in [0.2, 0.25) is 0 Å². The summed E-state index contributed by atoms with van der Waals surface area (Å²) >= 11 is 0. The van der Waals surface area contributed by atoms with Crippen molar-refractivity contribution in [1.82, 2.24) is 9.97 Å². The molecule has 1 heterocycles. The molecule has 8 nitrogen and oxygen atoms in total. The average Bonchev–Trinajstić information content (AvgIpc) is 2.97. The van der Waals surface area contributed by atoms with Gasteiger partial charge in [-0.15, -0.1) is 13.2 Å². The second kappa shape index (κ2) is 17.7. The highest BCUT2D eigenvalue weighted by Crippen LogP contribution is 2.48. The first-order chi connectivity index (χ1) is 22.6. The van der Waals surface area contributed by atoms with Crippen LogP contribution in [0.3, 0.4) is 0 Å². The molecular formula is C28H31F13N2O6. The highest BCUT2D eigenvalue weighted by molar-refractivity contribution is 5.60. The van der Waals surface area contributed by atoms with Gasteiger partial charge in [0.05, 0.1) is 13.2 Å². The Morgan fingerprint density at radius 1 is 0.571 bits per heavy atom. The Hall–Kier alpha value is -3.17. The minimum Gasteiger partial charge on any atom is -0.490 e. The van der Waals surface area contributed by atoms with Crippen molar-refractivity contribution in [3.8, 4) is 22.9 Å². The van der Waals surface area contributed by atoms with Gasteiger partial charge in [0.25, 0.3) is 0 Å². The zero-order chi connectivity index (χ0) is 37.0. The smallest absolute Gasteiger partial charge is 0.490 e. The van der Waals surface area contributed by atoms with Crippen LogP contribution in [-0.4, -0.2) is 73.3 Å². The number of aromatic nitrogens is 2. The lowest BCUT2D eigenvalue weighted by molar-refractivity contribution is -0.564. The fourth-order valence-electron chi connectivity index (χ4n) is 3.66. The third-order valence-electron chi connectivity index (χ3n) is 5.94. The van der Waals surface area contributed by atoms with Crippen molar-refractivity contribution in [3.05, 3.63) is 36.7 Å². The lowest BCUT2D eigenvalue weighted by Gasteiger charge is -2.33. The van der Waals surface area contributed by atoms with E-state index in [1.165, 1.54) is 0 Å². The summed E-state index contributed by atoms with van der Waals surface area (Å²) in [5.74, 6) is 1.10. The molecule has 1 aromatic carbocycles. The molecule has 0 saturated heterocycles. The lowest BCUT2D eigenvalue weighted by atomic mass is 10.1. The first-order valence-corrected chi connectivity index (χ1v) is 14.4. The van der Waals surface area contributed by atoms with Crippen LogP contribution >= 0.6 is 0 Å². The Labute approximate surface area is 270 Å². The zero-order valence-corrected chi connectivity index (χ0v) is 25.5. The predicted octanol–water partition coefficient (Wildman–Crippen LogP) is 9.20. The van der Waals surface area contributed by atoms with Gasteiger partial charge in [-0.3, -0.25) is 0 Å². The molecule has 0 fully saturated rings. The maximum absolute atomic E-state index is 13.8. The molecule has 0 atom stereocenters. The van der Waals surface area contributed by atoms with Gasteiger partial charge in [0.1, 0.15) is 6.61 Å². The second-order valence-electron chi connectivity index (χ2n) is 10.1. The molecule has 2 aromatic rings. The number of benzene rings is 1. The van der Waals surface area contributed by atoms with Crippen LogP contribution in [0.15, 0.2) is 36.7 Å². The van der Waals surface area contributed by atoms with E-state index in [0.29, 0.717) is 29.5 Å². The maximum Gasteiger partial charge on any atom is 0.527 e. The Bertz CT molecular complexity index is 1270. The summed E-state index contributed by atoms with van der Waals surface area (Å²) in [5.41, 5.74) is 0.627. The van der Waals surface area contributed by atoms with Crippen LogP contribution < -0.4 is 9.47 Å². The molecule has 0 N–H and O–H groups in total. The van der Waals surface area contributed by atoms with E-state index in [2.05, 4.69) is 26.4 Å². The molecule has 2 rings (SSSR count). The highest BCUT2D eigenvalue weighted by atomic mass is 19.4. The first kappa shape index (κ1) is 42.0. The van der Waals surface area contributed by atoms with Gasteiger partial charge in [-0.05, 0) is 43.5 Å². The number of unbranched alkanes of at least 4 members (excludes halogenated alkanes) is 5. The van der Waals surface area contributed by atoms with Crippen LogP contribution in [0, 0.1) is 0 Å². The van der Waals surface area contributed by atoms with Crippen molar-refractivity contribution in [2.24, 2.45) is 0 Å². The summed E-state index contributed by atoms with van der Waals surface area (Å²) in [5, 5.41) is 0. The Morgan fingerprint density at radius 3 is 1.67 bits per heavy atom. The Balaban J connectivity index is 1.87. The number of alkyl halides is 13. The molecule has 0 spiro atoms. The largest absolute Gasteiger partial charge is 0.527 e. The quantitative estimate of drug-likeness (QED) is 0.0825. The molecule has 0 saturated carbocycles. The van der Waals surface area contributed by atoms with Crippen molar-refractivity contribution >= 4 is 0 Å². The van der Waals surface area contributed by atoms with Crippen molar-refractivity contribution in [2.45, 2.75) is 88.8 Å². The first-order valence-electron chi connectivity index (χ1n) is 14.4. The van der Waals surface area contributed by atoms with E-state index >= 15 is 0 Å². The summed E-state index contributed by atoms with van der Waals surface area (Å²) in [6.45, 7) is -0.368. The van der Waals surface area contributed by atoms with E-state index in [9.17, 15) is 57.1 Å². The highest BCUT2D eigenvalue weighted by Gasteiger charge is 2.74. The molecule has 0 aliphatic heterocycles. The number of halogens is 13. The van der Waals surface area contributed by atoms with Crippen molar-refractivity contribution in [2.75, 3.05) is 26.4 Å². The summed E-state index contributed by atoms with van der Waals surface area (Å²) < 4.78 is 191. The molecule has 49 heavy (non-hydrogen) atoms. The van der Waals surface area contributed by atoms with Gasteiger partial charge >= 0.3 is 36.9 Å². The van der Waals surface area contributed by atoms with E-state index in [1.807, 2.05) is 4.74 Å². The van der Waals surface area contributed by atoms with Crippen LogP contribution in [-0.2, 0) is 18.9 Å². The third-order valence-corrected chi connectivity index (χ3v) is 5.94. The van der Waals surface area contributed by atoms with E-state index < -0.39 is 50.1 Å². The predicted molar refractivity (Wildman–Crippen MR) is 141 cm³/mol. The molecule has 0 radical (unpaired) electrons. The Morgan fingerprint density at radius 2 is 1.08 bits per heavy atom. The molecule has 21 heteroatoms. The van der Waals surface area contributed by atoms with E-state index in [-0.39, 0.29) is 19.4 Å². The fourth-order valence-corrected chi connectivity index (χ4v) is 3.66.